The van der Waals surface area contributed by atoms with Crippen LogP contribution in [0.15, 0.2) is 29.1 Å². The second-order valence-electron chi connectivity index (χ2n) is 4.92. The quantitative estimate of drug-likeness (QED) is 0.847. The molecule has 1 aliphatic carbocycles. The first-order valence-electron chi connectivity index (χ1n) is 5.92. The molecule has 2 N–H and O–H groups in total. The van der Waals surface area contributed by atoms with E-state index in [2.05, 4.69) is 4.98 Å². The number of H-pyrrole nitrogens is 1. The molecule has 0 saturated heterocycles. The molecule has 1 fully saturated rings. The number of nitrogens with one attached hydrogen (secondary N) is 1. The maximum Gasteiger partial charge on any atom is 0.307 e. The fourth-order valence-electron chi connectivity index (χ4n) is 2.40. The van der Waals surface area contributed by atoms with Gasteiger partial charge in [-0.3, -0.25) is 9.59 Å². The molecule has 92 valence electrons. The van der Waals surface area contributed by atoms with Gasteiger partial charge in [0.15, 0.2) is 0 Å². The molecule has 2 aromatic rings. The van der Waals surface area contributed by atoms with Crippen LogP contribution in [0, 0.1) is 12.8 Å². The van der Waals surface area contributed by atoms with Gasteiger partial charge in [-0.05, 0) is 48.4 Å². The number of carboxylic acid groups (broad SMARTS) is 1. The monoisotopic (exact) mass is 243 g/mol. The Hall–Kier alpha value is -2.10. The van der Waals surface area contributed by atoms with E-state index >= 15 is 0 Å². The van der Waals surface area contributed by atoms with Gasteiger partial charge < -0.3 is 10.1 Å². The van der Waals surface area contributed by atoms with E-state index in [0.717, 1.165) is 16.5 Å². The molecule has 2 unspecified atom stereocenters. The minimum Gasteiger partial charge on any atom is -0.481 e. The maximum atomic E-state index is 11.5. The van der Waals surface area contributed by atoms with Gasteiger partial charge in [-0.1, -0.05) is 6.07 Å². The lowest BCUT2D eigenvalue weighted by Gasteiger charge is -2.03. The Morgan fingerprint density at radius 3 is 2.83 bits per heavy atom. The highest BCUT2D eigenvalue weighted by Gasteiger charge is 2.44. The second-order valence-corrected chi connectivity index (χ2v) is 4.92. The Kier molecular flexibility index (Phi) is 2.26. The van der Waals surface area contributed by atoms with Crippen LogP contribution in [0.2, 0.25) is 0 Å². The van der Waals surface area contributed by atoms with Crippen molar-refractivity contribution < 1.29 is 9.90 Å². The van der Waals surface area contributed by atoms with Crippen molar-refractivity contribution in [3.05, 3.63) is 45.7 Å². The Morgan fingerprint density at radius 2 is 2.17 bits per heavy atom. The number of aliphatic carboxylic acids is 1. The average molecular weight is 243 g/mol. The predicted octanol–water partition coefficient (Wildman–Crippen LogP) is 2.02. The van der Waals surface area contributed by atoms with Crippen molar-refractivity contribution in [2.45, 2.75) is 19.3 Å². The van der Waals surface area contributed by atoms with Crippen LogP contribution in [0.4, 0.5) is 0 Å². The van der Waals surface area contributed by atoms with E-state index in [4.69, 9.17) is 5.11 Å². The zero-order valence-corrected chi connectivity index (χ0v) is 9.93. The molecule has 0 amide bonds. The summed E-state index contributed by atoms with van der Waals surface area (Å²) in [7, 11) is 0. The Morgan fingerprint density at radius 1 is 1.39 bits per heavy atom. The minimum atomic E-state index is -0.724. The zero-order chi connectivity index (χ0) is 12.9. The van der Waals surface area contributed by atoms with Crippen LogP contribution in [0.25, 0.3) is 10.9 Å². The van der Waals surface area contributed by atoms with E-state index in [1.165, 1.54) is 0 Å². The van der Waals surface area contributed by atoms with Crippen molar-refractivity contribution in [2.75, 3.05) is 0 Å². The van der Waals surface area contributed by atoms with Crippen LogP contribution < -0.4 is 5.56 Å². The van der Waals surface area contributed by atoms with Gasteiger partial charge in [-0.25, -0.2) is 0 Å². The van der Waals surface area contributed by atoms with Gasteiger partial charge in [-0.15, -0.1) is 0 Å². The third-order valence-electron chi connectivity index (χ3n) is 3.59. The maximum absolute atomic E-state index is 11.5. The van der Waals surface area contributed by atoms with Crippen molar-refractivity contribution in [3.8, 4) is 0 Å². The number of hydrogen-bond donors (Lipinski definition) is 2. The summed E-state index contributed by atoms with van der Waals surface area (Å²) in [5.41, 5.74) is 2.43. The number of hydrogen-bond acceptors (Lipinski definition) is 2. The fraction of sp³-hybridized carbons (Fsp3) is 0.286. The minimum absolute atomic E-state index is 0.0786. The number of pyridine rings is 1. The Bertz CT molecular complexity index is 702. The summed E-state index contributed by atoms with van der Waals surface area (Å²) >= 11 is 0. The largest absolute Gasteiger partial charge is 0.481 e. The molecular formula is C14H13NO3. The number of aryl methyl sites for hydroxylation is 1. The summed E-state index contributed by atoms with van der Waals surface area (Å²) in [6.45, 7) is 1.77. The van der Waals surface area contributed by atoms with Crippen LogP contribution in [-0.4, -0.2) is 16.1 Å². The van der Waals surface area contributed by atoms with Crippen molar-refractivity contribution in [3.63, 3.8) is 0 Å². The van der Waals surface area contributed by atoms with E-state index in [-0.39, 0.29) is 17.4 Å². The predicted molar refractivity (Wildman–Crippen MR) is 67.8 cm³/mol. The first-order chi connectivity index (χ1) is 8.56. The molecule has 3 rings (SSSR count). The smallest absolute Gasteiger partial charge is 0.307 e. The van der Waals surface area contributed by atoms with Gasteiger partial charge in [-0.2, -0.15) is 0 Å². The molecule has 1 aromatic heterocycles. The molecule has 4 nitrogen and oxygen atoms in total. The molecule has 1 aliphatic rings. The highest BCUT2D eigenvalue weighted by Crippen LogP contribution is 2.47. The first-order valence-corrected chi connectivity index (χ1v) is 5.92. The van der Waals surface area contributed by atoms with Crippen LogP contribution in [0.1, 0.15) is 23.5 Å². The number of rotatable bonds is 2. The molecular weight excluding hydrogens is 230 g/mol. The lowest BCUT2D eigenvalue weighted by atomic mass is 10.0. The lowest BCUT2D eigenvalue weighted by Crippen LogP contribution is -2.08. The molecule has 4 heteroatoms. The zero-order valence-electron chi connectivity index (χ0n) is 9.93. The number of aromatic nitrogens is 1. The van der Waals surface area contributed by atoms with E-state index < -0.39 is 5.97 Å². The van der Waals surface area contributed by atoms with Crippen molar-refractivity contribution >= 4 is 16.9 Å². The van der Waals surface area contributed by atoms with Crippen LogP contribution in [-0.2, 0) is 4.79 Å². The van der Waals surface area contributed by atoms with E-state index in [1.54, 1.807) is 6.92 Å². The lowest BCUT2D eigenvalue weighted by molar-refractivity contribution is -0.138. The Balaban J connectivity index is 2.04. The van der Waals surface area contributed by atoms with E-state index in [1.807, 2.05) is 24.3 Å². The van der Waals surface area contributed by atoms with Crippen LogP contribution in [0.5, 0.6) is 0 Å². The molecule has 0 spiro atoms. The number of carboxylic acids is 1. The number of fused-ring (bicyclic) bond motifs is 1. The summed E-state index contributed by atoms with van der Waals surface area (Å²) in [5.74, 6) is -0.844. The molecule has 1 saturated carbocycles. The van der Waals surface area contributed by atoms with Crippen LogP contribution >= 0.6 is 0 Å². The molecule has 0 bridgehead atoms. The van der Waals surface area contributed by atoms with Crippen molar-refractivity contribution in [1.29, 1.82) is 0 Å². The van der Waals surface area contributed by atoms with Gasteiger partial charge in [0.25, 0.3) is 5.56 Å². The summed E-state index contributed by atoms with van der Waals surface area (Å²) in [6.07, 6.45) is 0.711. The van der Waals surface area contributed by atoms with Crippen LogP contribution in [0.3, 0.4) is 0 Å². The topological polar surface area (TPSA) is 70.2 Å². The molecule has 1 heterocycles. The summed E-state index contributed by atoms with van der Waals surface area (Å²) in [4.78, 5) is 25.1. The summed E-state index contributed by atoms with van der Waals surface area (Å²) in [6, 6.07) is 7.58. The SMILES string of the molecule is Cc1cc2cc(C3CC3C(=O)O)ccc2[nH]c1=O. The second kappa shape index (κ2) is 3.70. The highest BCUT2D eigenvalue weighted by atomic mass is 16.4. The number of aromatic amines is 1. The van der Waals surface area contributed by atoms with E-state index in [9.17, 15) is 9.59 Å². The molecule has 0 aliphatic heterocycles. The fourth-order valence-corrected chi connectivity index (χ4v) is 2.40. The van der Waals surface area contributed by atoms with Gasteiger partial charge in [0.05, 0.1) is 5.92 Å². The molecule has 0 radical (unpaired) electrons. The average Bonchev–Trinajstić information content (AvgIpc) is 3.10. The van der Waals surface area contributed by atoms with Gasteiger partial charge in [0, 0.05) is 11.1 Å². The third kappa shape index (κ3) is 1.70. The third-order valence-corrected chi connectivity index (χ3v) is 3.59. The first kappa shape index (κ1) is 11.0. The number of benzene rings is 1. The van der Waals surface area contributed by atoms with Crippen molar-refractivity contribution in [2.24, 2.45) is 5.92 Å². The van der Waals surface area contributed by atoms with Gasteiger partial charge in [0.1, 0.15) is 0 Å². The summed E-state index contributed by atoms with van der Waals surface area (Å²) in [5, 5.41) is 9.89. The highest BCUT2D eigenvalue weighted by molar-refractivity contribution is 5.81. The molecule has 18 heavy (non-hydrogen) atoms. The standard InChI is InChI=1S/C14H13NO3/c1-7-4-9-5-8(10-6-11(10)14(17)18)2-3-12(9)15-13(7)16/h2-5,10-11H,6H2,1H3,(H,15,16)(H,17,18). The summed E-state index contributed by atoms with van der Waals surface area (Å²) < 4.78 is 0. The van der Waals surface area contributed by atoms with Gasteiger partial charge in [0.2, 0.25) is 0 Å². The molecule has 1 aromatic carbocycles. The number of carbonyl (C=O) groups is 1. The normalized spacial score (nSPS) is 22.1. The van der Waals surface area contributed by atoms with Gasteiger partial charge >= 0.3 is 5.97 Å². The van der Waals surface area contributed by atoms with E-state index in [0.29, 0.717) is 12.0 Å². The Labute approximate surface area is 103 Å². The molecule has 2 atom stereocenters. The van der Waals surface area contributed by atoms with Crippen molar-refractivity contribution in [1.82, 2.24) is 4.98 Å².